The van der Waals surface area contributed by atoms with Gasteiger partial charge in [0.05, 0.1) is 0 Å². The highest BCUT2D eigenvalue weighted by molar-refractivity contribution is 9.10. The SMILES string of the molecule is CC(C)C1CCCCC1NCc1ccc(Cl)cc1Br. The fourth-order valence-corrected chi connectivity index (χ4v) is 3.94. The van der Waals surface area contributed by atoms with Crippen LogP contribution in [0.2, 0.25) is 5.02 Å². The van der Waals surface area contributed by atoms with E-state index in [1.807, 2.05) is 12.1 Å². The van der Waals surface area contributed by atoms with Gasteiger partial charge in [0, 0.05) is 22.1 Å². The normalized spacial score (nSPS) is 23.8. The molecule has 19 heavy (non-hydrogen) atoms. The number of hydrogen-bond donors (Lipinski definition) is 1. The van der Waals surface area contributed by atoms with Crippen molar-refractivity contribution in [2.45, 2.75) is 52.1 Å². The van der Waals surface area contributed by atoms with Gasteiger partial charge >= 0.3 is 0 Å². The first-order chi connectivity index (χ1) is 9.08. The summed E-state index contributed by atoms with van der Waals surface area (Å²) in [4.78, 5) is 0. The molecule has 0 radical (unpaired) electrons. The maximum absolute atomic E-state index is 5.98. The van der Waals surface area contributed by atoms with Crippen molar-refractivity contribution in [3.05, 3.63) is 33.3 Å². The van der Waals surface area contributed by atoms with Crippen molar-refractivity contribution in [3.63, 3.8) is 0 Å². The van der Waals surface area contributed by atoms with Crippen LogP contribution in [0.3, 0.4) is 0 Å². The highest BCUT2D eigenvalue weighted by Crippen LogP contribution is 2.30. The zero-order valence-corrected chi connectivity index (χ0v) is 14.1. The van der Waals surface area contributed by atoms with E-state index in [4.69, 9.17) is 11.6 Å². The zero-order valence-electron chi connectivity index (χ0n) is 11.8. The molecule has 2 unspecified atom stereocenters. The van der Waals surface area contributed by atoms with Crippen molar-refractivity contribution in [1.82, 2.24) is 5.32 Å². The van der Waals surface area contributed by atoms with Gasteiger partial charge in [-0.25, -0.2) is 0 Å². The molecule has 2 atom stereocenters. The molecule has 0 heterocycles. The molecule has 106 valence electrons. The lowest BCUT2D eigenvalue weighted by molar-refractivity contribution is 0.204. The lowest BCUT2D eigenvalue weighted by Gasteiger charge is -2.35. The molecule has 3 heteroatoms. The summed E-state index contributed by atoms with van der Waals surface area (Å²) in [6, 6.07) is 6.70. The van der Waals surface area contributed by atoms with Crippen molar-refractivity contribution in [3.8, 4) is 0 Å². The van der Waals surface area contributed by atoms with Crippen LogP contribution < -0.4 is 5.32 Å². The summed E-state index contributed by atoms with van der Waals surface area (Å²) >= 11 is 9.57. The largest absolute Gasteiger partial charge is 0.310 e. The average Bonchev–Trinajstić information content (AvgIpc) is 2.38. The van der Waals surface area contributed by atoms with Crippen molar-refractivity contribution < 1.29 is 0 Å². The summed E-state index contributed by atoms with van der Waals surface area (Å²) in [5, 5.41) is 4.54. The van der Waals surface area contributed by atoms with Crippen LogP contribution in [-0.2, 0) is 6.54 Å². The Morgan fingerprint density at radius 2 is 2.05 bits per heavy atom. The van der Waals surface area contributed by atoms with Crippen LogP contribution in [0.4, 0.5) is 0 Å². The Bertz CT molecular complexity index is 419. The minimum Gasteiger partial charge on any atom is -0.310 e. The average molecular weight is 345 g/mol. The molecule has 0 aromatic heterocycles. The van der Waals surface area contributed by atoms with Gasteiger partial charge in [0.1, 0.15) is 0 Å². The first-order valence-electron chi connectivity index (χ1n) is 7.25. The van der Waals surface area contributed by atoms with Gasteiger partial charge in [-0.3, -0.25) is 0 Å². The number of halogens is 2. The molecular weight excluding hydrogens is 322 g/mol. The highest BCUT2D eigenvalue weighted by atomic mass is 79.9. The van der Waals surface area contributed by atoms with Crippen LogP contribution in [0.1, 0.15) is 45.1 Å². The summed E-state index contributed by atoms with van der Waals surface area (Å²) in [7, 11) is 0. The van der Waals surface area contributed by atoms with Gasteiger partial charge in [0.25, 0.3) is 0 Å². The van der Waals surface area contributed by atoms with E-state index in [1.165, 1.54) is 31.2 Å². The second kappa shape index (κ2) is 7.10. The van der Waals surface area contributed by atoms with Gasteiger partial charge in [-0.2, -0.15) is 0 Å². The fourth-order valence-electron chi connectivity index (χ4n) is 3.12. The lowest BCUT2D eigenvalue weighted by atomic mass is 9.78. The van der Waals surface area contributed by atoms with Crippen LogP contribution in [0.15, 0.2) is 22.7 Å². The van der Waals surface area contributed by atoms with Crippen LogP contribution >= 0.6 is 27.5 Å². The van der Waals surface area contributed by atoms with Crippen molar-refractivity contribution in [2.24, 2.45) is 11.8 Å². The first-order valence-corrected chi connectivity index (χ1v) is 8.42. The van der Waals surface area contributed by atoms with Crippen LogP contribution in [0, 0.1) is 11.8 Å². The van der Waals surface area contributed by atoms with E-state index in [1.54, 1.807) is 0 Å². The molecule has 1 fully saturated rings. The molecule has 0 aliphatic heterocycles. The molecule has 1 aromatic carbocycles. The van der Waals surface area contributed by atoms with Gasteiger partial charge in [-0.15, -0.1) is 0 Å². The molecule has 1 N–H and O–H groups in total. The second-order valence-corrected chi connectivity index (χ2v) is 7.21. The van der Waals surface area contributed by atoms with Crippen molar-refractivity contribution in [1.29, 1.82) is 0 Å². The second-order valence-electron chi connectivity index (χ2n) is 5.92. The molecule has 1 nitrogen and oxygen atoms in total. The van der Waals surface area contributed by atoms with E-state index >= 15 is 0 Å². The van der Waals surface area contributed by atoms with Crippen LogP contribution in [0.5, 0.6) is 0 Å². The Morgan fingerprint density at radius 3 is 2.74 bits per heavy atom. The molecular formula is C16H23BrClN. The molecule has 1 saturated carbocycles. The van der Waals surface area contributed by atoms with Gasteiger partial charge in [-0.1, -0.05) is 60.3 Å². The lowest BCUT2D eigenvalue weighted by Crippen LogP contribution is -2.40. The smallest absolute Gasteiger partial charge is 0.0417 e. The van der Waals surface area contributed by atoms with E-state index in [0.717, 1.165) is 27.9 Å². The fraction of sp³-hybridized carbons (Fsp3) is 0.625. The predicted octanol–water partition coefficient (Wildman–Crippen LogP) is 5.41. The van der Waals surface area contributed by atoms with Crippen LogP contribution in [-0.4, -0.2) is 6.04 Å². The number of benzene rings is 1. The van der Waals surface area contributed by atoms with E-state index < -0.39 is 0 Å². The third-order valence-electron chi connectivity index (χ3n) is 4.25. The maximum atomic E-state index is 5.98. The van der Waals surface area contributed by atoms with Gasteiger partial charge < -0.3 is 5.32 Å². The maximum Gasteiger partial charge on any atom is 0.0417 e. The third kappa shape index (κ3) is 4.21. The Morgan fingerprint density at radius 1 is 1.32 bits per heavy atom. The van der Waals surface area contributed by atoms with E-state index in [9.17, 15) is 0 Å². The van der Waals surface area contributed by atoms with Crippen LogP contribution in [0.25, 0.3) is 0 Å². The minimum atomic E-state index is 0.663. The standard InChI is InChI=1S/C16H23BrClN/c1-11(2)14-5-3-4-6-16(14)19-10-12-7-8-13(18)9-15(12)17/h7-9,11,14,16,19H,3-6,10H2,1-2H3. The molecule has 2 rings (SSSR count). The Balaban J connectivity index is 1.96. The monoisotopic (exact) mass is 343 g/mol. The molecule has 0 saturated heterocycles. The topological polar surface area (TPSA) is 12.0 Å². The Kier molecular flexibility index (Phi) is 5.73. The van der Waals surface area contributed by atoms with E-state index in [2.05, 4.69) is 41.2 Å². The Labute approximate surface area is 130 Å². The molecule has 0 bridgehead atoms. The van der Waals surface area contributed by atoms with Crippen molar-refractivity contribution >= 4 is 27.5 Å². The molecule has 0 amide bonds. The highest BCUT2D eigenvalue weighted by Gasteiger charge is 2.26. The van der Waals surface area contributed by atoms with Crippen molar-refractivity contribution in [2.75, 3.05) is 0 Å². The molecule has 0 spiro atoms. The number of rotatable bonds is 4. The molecule has 1 aliphatic rings. The third-order valence-corrected chi connectivity index (χ3v) is 5.22. The number of hydrogen-bond acceptors (Lipinski definition) is 1. The zero-order chi connectivity index (χ0) is 13.8. The minimum absolute atomic E-state index is 0.663. The summed E-state index contributed by atoms with van der Waals surface area (Å²) in [6.07, 6.45) is 5.44. The van der Waals surface area contributed by atoms with Gasteiger partial charge in [-0.05, 0) is 42.4 Å². The summed E-state index contributed by atoms with van der Waals surface area (Å²) in [5.74, 6) is 1.59. The molecule has 1 aliphatic carbocycles. The Hall–Kier alpha value is -0.0500. The first kappa shape index (κ1) is 15.3. The summed E-state index contributed by atoms with van der Waals surface area (Å²) in [6.45, 7) is 5.62. The quantitative estimate of drug-likeness (QED) is 0.770. The summed E-state index contributed by atoms with van der Waals surface area (Å²) in [5.41, 5.74) is 1.29. The van der Waals surface area contributed by atoms with Gasteiger partial charge in [0.15, 0.2) is 0 Å². The van der Waals surface area contributed by atoms with E-state index in [0.29, 0.717) is 6.04 Å². The summed E-state index contributed by atoms with van der Waals surface area (Å²) < 4.78 is 1.10. The predicted molar refractivity (Wildman–Crippen MR) is 86.6 cm³/mol. The van der Waals surface area contributed by atoms with Gasteiger partial charge in [0.2, 0.25) is 0 Å². The number of nitrogens with one attached hydrogen (secondary N) is 1. The molecule has 1 aromatic rings. The van der Waals surface area contributed by atoms with E-state index in [-0.39, 0.29) is 0 Å².